The summed E-state index contributed by atoms with van der Waals surface area (Å²) in [5, 5.41) is 11.3. The average Bonchev–Trinajstić information content (AvgIpc) is 3.49. The van der Waals surface area contributed by atoms with Crippen LogP contribution >= 0.6 is 0 Å². The van der Waals surface area contributed by atoms with Gasteiger partial charge in [-0.1, -0.05) is 30.3 Å². The molecule has 0 saturated heterocycles. The van der Waals surface area contributed by atoms with Crippen molar-refractivity contribution in [2.45, 2.75) is 64.0 Å². The molecule has 2 aromatic rings. The second-order valence-corrected chi connectivity index (χ2v) is 8.15. The third kappa shape index (κ3) is 4.54. The number of nitrogens with zero attached hydrogens (tertiary/aromatic N) is 4. The lowest BCUT2D eigenvalue weighted by Gasteiger charge is -2.16. The topological polar surface area (TPSA) is 76.2 Å². The van der Waals surface area contributed by atoms with Crippen molar-refractivity contribution >= 4 is 5.96 Å². The van der Waals surface area contributed by atoms with Crippen LogP contribution in [0.1, 0.15) is 50.4 Å². The number of aromatic nitrogens is 3. The molecule has 1 aliphatic carbocycles. The second-order valence-electron chi connectivity index (χ2n) is 8.15. The molecule has 1 aromatic heterocycles. The van der Waals surface area contributed by atoms with Crippen LogP contribution in [-0.4, -0.2) is 39.9 Å². The first kappa shape index (κ1) is 19.7. The van der Waals surface area contributed by atoms with Crippen molar-refractivity contribution in [3.05, 3.63) is 52.2 Å². The van der Waals surface area contributed by atoms with Crippen LogP contribution < -0.4 is 16.3 Å². The van der Waals surface area contributed by atoms with Gasteiger partial charge in [-0.05, 0) is 44.6 Å². The van der Waals surface area contributed by atoms with E-state index < -0.39 is 0 Å². The zero-order chi connectivity index (χ0) is 20.1. The van der Waals surface area contributed by atoms with E-state index in [4.69, 9.17) is 4.99 Å². The van der Waals surface area contributed by atoms with Crippen molar-refractivity contribution < 1.29 is 0 Å². The Morgan fingerprint density at radius 2 is 2.03 bits per heavy atom. The first-order valence-electron chi connectivity index (χ1n) is 11.0. The van der Waals surface area contributed by atoms with Gasteiger partial charge in [0.2, 0.25) is 0 Å². The minimum absolute atomic E-state index is 0.0406. The van der Waals surface area contributed by atoms with Gasteiger partial charge in [0.15, 0.2) is 5.96 Å². The maximum absolute atomic E-state index is 12.4. The summed E-state index contributed by atoms with van der Waals surface area (Å²) in [5.41, 5.74) is 1.65. The highest BCUT2D eigenvalue weighted by Crippen LogP contribution is 2.48. The predicted octanol–water partition coefficient (Wildman–Crippen LogP) is 2.06. The van der Waals surface area contributed by atoms with Crippen molar-refractivity contribution in [1.29, 1.82) is 0 Å². The Balaban J connectivity index is 1.30. The molecule has 0 radical (unpaired) electrons. The summed E-state index contributed by atoms with van der Waals surface area (Å²) in [6, 6.07) is 10.7. The number of hydrogen-bond donors (Lipinski definition) is 2. The average molecular weight is 397 g/mol. The SMILES string of the molecule is CCNC(=NCC1(c2ccccc2)CC1)NCCCn1nc2n(c1=O)CCCC2. The van der Waals surface area contributed by atoms with E-state index in [0.29, 0.717) is 6.54 Å². The number of fused-ring (bicyclic) bond motifs is 1. The van der Waals surface area contributed by atoms with Gasteiger partial charge >= 0.3 is 5.69 Å². The molecule has 1 saturated carbocycles. The molecule has 2 heterocycles. The van der Waals surface area contributed by atoms with E-state index in [-0.39, 0.29) is 11.1 Å². The maximum atomic E-state index is 12.4. The van der Waals surface area contributed by atoms with Crippen molar-refractivity contribution in [2.24, 2.45) is 4.99 Å². The fourth-order valence-corrected chi connectivity index (χ4v) is 4.08. The van der Waals surface area contributed by atoms with Crippen LogP contribution in [0.15, 0.2) is 40.1 Å². The molecule has 0 bridgehead atoms. The van der Waals surface area contributed by atoms with E-state index in [2.05, 4.69) is 53.0 Å². The summed E-state index contributed by atoms with van der Waals surface area (Å²) in [6.07, 6.45) is 6.37. The van der Waals surface area contributed by atoms with Crippen molar-refractivity contribution in [3.63, 3.8) is 0 Å². The van der Waals surface area contributed by atoms with Gasteiger partial charge in [-0.15, -0.1) is 0 Å². The number of hydrogen-bond acceptors (Lipinski definition) is 3. The zero-order valence-electron chi connectivity index (χ0n) is 17.4. The standard InChI is InChI=1S/C22H32N6O/c1-2-23-20(25-17-22(12-13-22)18-9-4-3-5-10-18)24-14-8-16-28-21(29)27-15-7-6-11-19(27)26-28/h3-5,9-10H,2,6-8,11-17H2,1H3,(H2,23,24,25). The Morgan fingerprint density at radius 3 is 2.76 bits per heavy atom. The summed E-state index contributed by atoms with van der Waals surface area (Å²) in [7, 11) is 0. The molecule has 0 atom stereocenters. The van der Waals surface area contributed by atoms with Gasteiger partial charge in [0.05, 0.1) is 6.54 Å². The highest BCUT2D eigenvalue weighted by molar-refractivity contribution is 5.79. The quantitative estimate of drug-likeness (QED) is 0.407. The van der Waals surface area contributed by atoms with Crippen LogP contribution in [0.2, 0.25) is 0 Å². The zero-order valence-corrected chi connectivity index (χ0v) is 17.4. The van der Waals surface area contributed by atoms with E-state index in [9.17, 15) is 4.79 Å². The molecule has 7 nitrogen and oxygen atoms in total. The molecule has 0 unspecified atom stereocenters. The minimum Gasteiger partial charge on any atom is -0.357 e. The smallest absolute Gasteiger partial charge is 0.345 e. The second kappa shape index (κ2) is 8.84. The van der Waals surface area contributed by atoms with E-state index >= 15 is 0 Å². The summed E-state index contributed by atoms with van der Waals surface area (Å²) in [5.74, 6) is 1.80. The summed E-state index contributed by atoms with van der Waals surface area (Å²) >= 11 is 0. The molecule has 2 aliphatic rings. The molecule has 1 aliphatic heterocycles. The number of aliphatic imine (C=N–C) groups is 1. The van der Waals surface area contributed by atoms with E-state index in [1.165, 1.54) is 18.4 Å². The molecule has 2 N–H and O–H groups in total. The predicted molar refractivity (Wildman–Crippen MR) is 115 cm³/mol. The van der Waals surface area contributed by atoms with Crippen LogP contribution in [0.5, 0.6) is 0 Å². The Labute approximate surface area is 172 Å². The summed E-state index contributed by atoms with van der Waals surface area (Å²) < 4.78 is 3.46. The number of guanidine groups is 1. The fraction of sp³-hybridized carbons (Fsp3) is 0.591. The van der Waals surface area contributed by atoms with Crippen LogP contribution in [0.4, 0.5) is 0 Å². The first-order valence-corrected chi connectivity index (χ1v) is 11.0. The molecule has 4 rings (SSSR count). The molecule has 7 heteroatoms. The van der Waals surface area contributed by atoms with Crippen molar-refractivity contribution in [1.82, 2.24) is 25.0 Å². The normalized spacial score (nSPS) is 17.6. The molecule has 29 heavy (non-hydrogen) atoms. The Bertz CT molecular complexity index is 894. The molecular formula is C22H32N6O. The lowest BCUT2D eigenvalue weighted by atomic mass is 9.96. The van der Waals surface area contributed by atoms with Gasteiger partial charge in [0.25, 0.3) is 0 Å². The van der Waals surface area contributed by atoms with E-state index in [1.54, 1.807) is 4.68 Å². The van der Waals surface area contributed by atoms with E-state index in [0.717, 1.165) is 63.6 Å². The number of nitrogens with one attached hydrogen (secondary N) is 2. The highest BCUT2D eigenvalue weighted by Gasteiger charge is 2.43. The lowest BCUT2D eigenvalue weighted by Crippen LogP contribution is -2.39. The number of rotatable bonds is 8. The molecule has 0 spiro atoms. The van der Waals surface area contributed by atoms with Crippen molar-refractivity contribution in [2.75, 3.05) is 19.6 Å². The Kier molecular flexibility index (Phi) is 6.02. The van der Waals surface area contributed by atoms with Crippen LogP contribution in [0.25, 0.3) is 0 Å². The largest absolute Gasteiger partial charge is 0.357 e. The van der Waals surface area contributed by atoms with Gasteiger partial charge in [-0.2, -0.15) is 5.10 Å². The third-order valence-electron chi connectivity index (χ3n) is 5.99. The van der Waals surface area contributed by atoms with Gasteiger partial charge in [0, 0.05) is 38.0 Å². The monoisotopic (exact) mass is 396 g/mol. The van der Waals surface area contributed by atoms with Gasteiger partial charge in [0.1, 0.15) is 5.82 Å². The van der Waals surface area contributed by atoms with Gasteiger partial charge in [-0.3, -0.25) is 9.56 Å². The third-order valence-corrected chi connectivity index (χ3v) is 5.99. The summed E-state index contributed by atoms with van der Waals surface area (Å²) in [4.78, 5) is 17.3. The molecular weight excluding hydrogens is 364 g/mol. The van der Waals surface area contributed by atoms with Crippen molar-refractivity contribution in [3.8, 4) is 0 Å². The van der Waals surface area contributed by atoms with Crippen LogP contribution in [-0.2, 0) is 24.9 Å². The van der Waals surface area contributed by atoms with Crippen LogP contribution in [0.3, 0.4) is 0 Å². The highest BCUT2D eigenvalue weighted by atomic mass is 16.2. The maximum Gasteiger partial charge on any atom is 0.345 e. The minimum atomic E-state index is 0.0406. The Morgan fingerprint density at radius 1 is 1.21 bits per heavy atom. The molecule has 1 aromatic carbocycles. The molecule has 0 amide bonds. The summed E-state index contributed by atoms with van der Waals surface area (Å²) in [6.45, 7) is 5.93. The lowest BCUT2D eigenvalue weighted by molar-refractivity contribution is 0.509. The fourth-order valence-electron chi connectivity index (χ4n) is 4.08. The molecule has 1 fully saturated rings. The van der Waals surface area contributed by atoms with Gasteiger partial charge < -0.3 is 10.6 Å². The number of benzene rings is 1. The van der Waals surface area contributed by atoms with Gasteiger partial charge in [-0.25, -0.2) is 9.48 Å². The molecule has 156 valence electrons. The Hall–Kier alpha value is -2.57. The number of aryl methyl sites for hydroxylation is 2. The van der Waals surface area contributed by atoms with Crippen LogP contribution in [0, 0.1) is 0 Å². The first-order chi connectivity index (χ1) is 14.2. The van der Waals surface area contributed by atoms with E-state index in [1.807, 2.05) is 4.57 Å².